The third-order valence-corrected chi connectivity index (χ3v) is 3.18. The van der Waals surface area contributed by atoms with Gasteiger partial charge in [0.25, 0.3) is 0 Å². The summed E-state index contributed by atoms with van der Waals surface area (Å²) in [6.07, 6.45) is 5.86. The number of benzene rings is 1. The van der Waals surface area contributed by atoms with E-state index in [1.807, 2.05) is 24.5 Å². The Kier molecular flexibility index (Phi) is 4.57. The van der Waals surface area contributed by atoms with Crippen LogP contribution in [0, 0.1) is 0 Å². The zero-order valence-corrected chi connectivity index (χ0v) is 10.5. The fourth-order valence-electron chi connectivity index (χ4n) is 2.07. The molecule has 0 bridgehead atoms. The Morgan fingerprint density at radius 1 is 1.00 bits per heavy atom. The minimum atomic E-state index is 0.406. The van der Waals surface area contributed by atoms with E-state index in [0.717, 1.165) is 12.8 Å². The Bertz CT molecular complexity index is 388. The van der Waals surface area contributed by atoms with Gasteiger partial charge in [-0.1, -0.05) is 36.4 Å². The first kappa shape index (κ1) is 12.1. The first-order chi connectivity index (χ1) is 8.42. The number of aromatic nitrogens is 1. The zero-order valence-electron chi connectivity index (χ0n) is 9.72. The van der Waals surface area contributed by atoms with E-state index in [1.54, 1.807) is 0 Å². The van der Waals surface area contributed by atoms with Crippen molar-refractivity contribution in [2.24, 2.45) is 0 Å². The predicted molar refractivity (Wildman–Crippen MR) is 72.5 cm³/mol. The first-order valence-electron chi connectivity index (χ1n) is 5.92. The Labute approximate surface area is 107 Å². The zero-order chi connectivity index (χ0) is 11.9. The number of alkyl halides is 1. The monoisotopic (exact) mass is 245 g/mol. The van der Waals surface area contributed by atoms with Gasteiger partial charge in [0.1, 0.15) is 0 Å². The summed E-state index contributed by atoms with van der Waals surface area (Å²) >= 11 is 5.80. The van der Waals surface area contributed by atoms with Crippen LogP contribution in [0.2, 0.25) is 0 Å². The number of pyridine rings is 1. The summed E-state index contributed by atoms with van der Waals surface area (Å²) in [5, 5.41) is 0. The summed E-state index contributed by atoms with van der Waals surface area (Å²) in [6, 6.07) is 14.7. The van der Waals surface area contributed by atoms with Crippen molar-refractivity contribution < 1.29 is 0 Å². The topological polar surface area (TPSA) is 12.9 Å². The third-order valence-electron chi connectivity index (χ3n) is 2.92. The SMILES string of the molecule is ClCCCC(c1ccccc1)c1cccnc1. The largest absolute Gasteiger partial charge is 0.264 e. The second-order valence-corrected chi connectivity index (χ2v) is 4.46. The van der Waals surface area contributed by atoms with E-state index in [9.17, 15) is 0 Å². The summed E-state index contributed by atoms with van der Waals surface area (Å²) in [5.74, 6) is 1.12. The van der Waals surface area contributed by atoms with Crippen LogP contribution < -0.4 is 0 Å². The number of hydrogen-bond acceptors (Lipinski definition) is 1. The van der Waals surface area contributed by atoms with Gasteiger partial charge in [-0.05, 0) is 30.0 Å². The van der Waals surface area contributed by atoms with Gasteiger partial charge in [-0.2, -0.15) is 0 Å². The van der Waals surface area contributed by atoms with E-state index >= 15 is 0 Å². The summed E-state index contributed by atoms with van der Waals surface area (Å²) in [7, 11) is 0. The normalized spacial score (nSPS) is 12.3. The van der Waals surface area contributed by atoms with Gasteiger partial charge in [-0.25, -0.2) is 0 Å². The Morgan fingerprint density at radius 2 is 1.76 bits per heavy atom. The average molecular weight is 246 g/mol. The maximum atomic E-state index is 5.80. The lowest BCUT2D eigenvalue weighted by Crippen LogP contribution is -2.02. The highest BCUT2D eigenvalue weighted by atomic mass is 35.5. The molecule has 1 unspecified atom stereocenters. The molecule has 0 radical (unpaired) electrons. The van der Waals surface area contributed by atoms with Crippen molar-refractivity contribution >= 4 is 11.6 Å². The minimum absolute atomic E-state index is 0.406. The van der Waals surface area contributed by atoms with E-state index in [0.29, 0.717) is 11.8 Å². The standard InChI is InChI=1S/C15H16ClN/c16-10-4-9-15(13-6-2-1-3-7-13)14-8-5-11-17-12-14/h1-3,5-8,11-12,15H,4,9-10H2. The highest BCUT2D eigenvalue weighted by Gasteiger charge is 2.13. The molecular formula is C15H16ClN. The summed E-state index contributed by atoms with van der Waals surface area (Å²) in [6.45, 7) is 0. The molecule has 1 atom stereocenters. The van der Waals surface area contributed by atoms with Crippen LogP contribution in [0.5, 0.6) is 0 Å². The van der Waals surface area contributed by atoms with Crippen molar-refractivity contribution in [3.05, 3.63) is 66.0 Å². The highest BCUT2D eigenvalue weighted by Crippen LogP contribution is 2.28. The van der Waals surface area contributed by atoms with Gasteiger partial charge in [0.2, 0.25) is 0 Å². The smallest absolute Gasteiger partial charge is 0.0306 e. The quantitative estimate of drug-likeness (QED) is 0.719. The van der Waals surface area contributed by atoms with Crippen molar-refractivity contribution in [3.63, 3.8) is 0 Å². The van der Waals surface area contributed by atoms with Crippen molar-refractivity contribution in [3.8, 4) is 0 Å². The Hall–Kier alpha value is -1.34. The van der Waals surface area contributed by atoms with Crippen molar-refractivity contribution in [2.45, 2.75) is 18.8 Å². The molecule has 0 N–H and O–H groups in total. The molecule has 0 aliphatic carbocycles. The van der Waals surface area contributed by atoms with Crippen LogP contribution in [-0.4, -0.2) is 10.9 Å². The van der Waals surface area contributed by atoms with Gasteiger partial charge in [-0.15, -0.1) is 11.6 Å². The Balaban J connectivity index is 2.26. The van der Waals surface area contributed by atoms with Crippen LogP contribution >= 0.6 is 11.6 Å². The van der Waals surface area contributed by atoms with Crippen molar-refractivity contribution in [1.82, 2.24) is 4.98 Å². The summed E-state index contributed by atoms with van der Waals surface area (Å²) < 4.78 is 0. The van der Waals surface area contributed by atoms with Gasteiger partial charge in [0, 0.05) is 24.2 Å². The Morgan fingerprint density at radius 3 is 2.41 bits per heavy atom. The maximum absolute atomic E-state index is 5.80. The van der Waals surface area contributed by atoms with E-state index in [-0.39, 0.29) is 0 Å². The maximum Gasteiger partial charge on any atom is 0.0306 e. The van der Waals surface area contributed by atoms with Gasteiger partial charge < -0.3 is 0 Å². The van der Waals surface area contributed by atoms with Crippen LogP contribution in [0.3, 0.4) is 0 Å². The molecule has 0 fully saturated rings. The van der Waals surface area contributed by atoms with Gasteiger partial charge in [0.05, 0.1) is 0 Å². The molecule has 1 heterocycles. The van der Waals surface area contributed by atoms with Gasteiger partial charge >= 0.3 is 0 Å². The molecule has 2 aromatic rings. The van der Waals surface area contributed by atoms with Crippen LogP contribution in [0.15, 0.2) is 54.9 Å². The van der Waals surface area contributed by atoms with E-state index in [4.69, 9.17) is 11.6 Å². The third kappa shape index (κ3) is 3.31. The molecule has 2 rings (SSSR count). The lowest BCUT2D eigenvalue weighted by Gasteiger charge is -2.16. The first-order valence-corrected chi connectivity index (χ1v) is 6.46. The predicted octanol–water partition coefficient (Wildman–Crippen LogP) is 4.23. The second-order valence-electron chi connectivity index (χ2n) is 4.08. The van der Waals surface area contributed by atoms with Crippen molar-refractivity contribution in [2.75, 3.05) is 5.88 Å². The van der Waals surface area contributed by atoms with Crippen LogP contribution in [-0.2, 0) is 0 Å². The van der Waals surface area contributed by atoms with E-state index < -0.39 is 0 Å². The highest BCUT2D eigenvalue weighted by molar-refractivity contribution is 6.17. The second kappa shape index (κ2) is 6.41. The van der Waals surface area contributed by atoms with Gasteiger partial charge in [-0.3, -0.25) is 4.98 Å². The minimum Gasteiger partial charge on any atom is -0.264 e. The van der Waals surface area contributed by atoms with Crippen molar-refractivity contribution in [1.29, 1.82) is 0 Å². The molecule has 0 aliphatic heterocycles. The van der Waals surface area contributed by atoms with E-state index in [2.05, 4.69) is 35.3 Å². The molecule has 88 valence electrons. The molecule has 1 aromatic heterocycles. The average Bonchev–Trinajstić information content (AvgIpc) is 2.42. The molecule has 17 heavy (non-hydrogen) atoms. The number of hydrogen-bond donors (Lipinski definition) is 0. The van der Waals surface area contributed by atoms with Gasteiger partial charge in [0.15, 0.2) is 0 Å². The molecule has 0 aliphatic rings. The molecule has 2 heteroatoms. The fraction of sp³-hybridized carbons (Fsp3) is 0.267. The number of halogens is 1. The number of nitrogens with zero attached hydrogens (tertiary/aromatic N) is 1. The summed E-state index contributed by atoms with van der Waals surface area (Å²) in [4.78, 5) is 4.21. The van der Waals surface area contributed by atoms with Crippen LogP contribution in [0.1, 0.15) is 29.9 Å². The molecule has 0 spiro atoms. The fourth-order valence-corrected chi connectivity index (χ4v) is 2.23. The van der Waals surface area contributed by atoms with Crippen LogP contribution in [0.25, 0.3) is 0 Å². The molecule has 1 nitrogen and oxygen atoms in total. The molecule has 0 amide bonds. The lowest BCUT2D eigenvalue weighted by molar-refractivity contribution is 0.699. The molecule has 0 saturated heterocycles. The van der Waals surface area contributed by atoms with Crippen LogP contribution in [0.4, 0.5) is 0 Å². The lowest BCUT2D eigenvalue weighted by atomic mass is 9.89. The summed E-state index contributed by atoms with van der Waals surface area (Å²) in [5.41, 5.74) is 2.61. The van der Waals surface area contributed by atoms with E-state index in [1.165, 1.54) is 11.1 Å². The molecule has 0 saturated carbocycles. The number of rotatable bonds is 5. The molecule has 1 aromatic carbocycles. The molecular weight excluding hydrogens is 230 g/mol.